The van der Waals surface area contributed by atoms with Gasteiger partial charge in [-0.3, -0.25) is 14.8 Å². The van der Waals surface area contributed by atoms with Gasteiger partial charge >= 0.3 is 0 Å². The number of halogens is 1. The summed E-state index contributed by atoms with van der Waals surface area (Å²) >= 11 is 3.50. The monoisotopic (exact) mass is 426 g/mol. The lowest BCUT2D eigenvalue weighted by Gasteiger charge is -2.14. The Morgan fingerprint density at radius 1 is 1.15 bits per heavy atom. The van der Waals surface area contributed by atoms with Crippen LogP contribution in [0.4, 0.5) is 11.4 Å². The quantitative estimate of drug-likeness (QED) is 0.548. The Balaban J connectivity index is 1.88. The van der Waals surface area contributed by atoms with Crippen molar-refractivity contribution in [1.82, 2.24) is 14.9 Å². The molecular weight excluding hydrogens is 404 g/mol. The molecule has 6 heteroatoms. The first-order valence-corrected chi connectivity index (χ1v) is 9.69. The molecule has 0 saturated carbocycles. The van der Waals surface area contributed by atoms with Crippen molar-refractivity contribution in [1.29, 1.82) is 0 Å². The molecule has 0 aliphatic carbocycles. The smallest absolute Gasteiger partial charge is 0.163 e. The summed E-state index contributed by atoms with van der Waals surface area (Å²) in [4.78, 5) is 23.2. The summed E-state index contributed by atoms with van der Waals surface area (Å²) in [7, 11) is 4.15. The van der Waals surface area contributed by atoms with E-state index < -0.39 is 0 Å². The number of fused-ring (bicyclic) bond motifs is 1. The topological polar surface area (TPSA) is 58.1 Å². The molecule has 5 nitrogen and oxygen atoms in total. The number of anilines is 2. The fourth-order valence-corrected chi connectivity index (χ4v) is 3.29. The van der Waals surface area contributed by atoms with Gasteiger partial charge in [0, 0.05) is 21.7 Å². The first kappa shape index (κ1) is 19.5. The van der Waals surface area contributed by atoms with E-state index in [0.29, 0.717) is 5.56 Å². The van der Waals surface area contributed by atoms with Crippen molar-refractivity contribution in [3.05, 3.63) is 58.5 Å². The number of Topliss-reactive ketones (excluding diaryl/α,β-unsaturated/α-hetero) is 1. The molecular formula is C21H23BrN4O. The lowest BCUT2D eigenvalue weighted by atomic mass is 10.1. The van der Waals surface area contributed by atoms with Gasteiger partial charge in [-0.15, -0.1) is 0 Å². The molecule has 140 valence electrons. The Morgan fingerprint density at radius 2 is 1.96 bits per heavy atom. The second-order valence-corrected chi connectivity index (χ2v) is 7.75. The maximum Gasteiger partial charge on any atom is 0.163 e. The Labute approximate surface area is 168 Å². The van der Waals surface area contributed by atoms with Gasteiger partial charge in [-0.25, -0.2) is 0 Å². The number of pyridine rings is 2. The predicted octanol–water partition coefficient (Wildman–Crippen LogP) is 4.83. The lowest BCUT2D eigenvalue weighted by molar-refractivity contribution is 0.101. The van der Waals surface area contributed by atoms with Crippen LogP contribution in [0.15, 0.2) is 47.2 Å². The van der Waals surface area contributed by atoms with E-state index in [2.05, 4.69) is 50.2 Å². The highest BCUT2D eigenvalue weighted by atomic mass is 79.9. The summed E-state index contributed by atoms with van der Waals surface area (Å²) in [6.45, 7) is 2.60. The molecule has 0 spiro atoms. The fourth-order valence-electron chi connectivity index (χ4n) is 2.93. The van der Waals surface area contributed by atoms with Gasteiger partial charge in [0.25, 0.3) is 0 Å². The van der Waals surface area contributed by atoms with Gasteiger partial charge < -0.3 is 10.2 Å². The van der Waals surface area contributed by atoms with Crippen molar-refractivity contribution in [3.63, 3.8) is 0 Å². The van der Waals surface area contributed by atoms with Crippen LogP contribution in [-0.4, -0.2) is 41.3 Å². The maximum atomic E-state index is 12.1. The standard InChI is InChI=1S/C21H23BrN4O/c1-14(27)19-13-24-20-9-6-15(22)11-18(20)21(19)25-17-8-7-16(23-12-17)5-4-10-26(2)3/h6-9,11-13H,4-5,10H2,1-3H3,(H,24,25). The number of benzene rings is 1. The molecule has 3 aromatic rings. The summed E-state index contributed by atoms with van der Waals surface area (Å²) in [5, 5.41) is 4.27. The molecule has 2 aromatic heterocycles. The van der Waals surface area contributed by atoms with Gasteiger partial charge in [-0.1, -0.05) is 15.9 Å². The van der Waals surface area contributed by atoms with Crippen molar-refractivity contribution in [2.24, 2.45) is 0 Å². The second-order valence-electron chi connectivity index (χ2n) is 6.83. The number of rotatable bonds is 7. The van der Waals surface area contributed by atoms with Gasteiger partial charge in [0.1, 0.15) is 0 Å². The molecule has 0 atom stereocenters. The molecule has 27 heavy (non-hydrogen) atoms. The zero-order valence-corrected chi connectivity index (χ0v) is 17.4. The van der Waals surface area contributed by atoms with Crippen LogP contribution in [0.3, 0.4) is 0 Å². The SMILES string of the molecule is CC(=O)c1cnc2ccc(Br)cc2c1Nc1ccc(CCCN(C)C)nc1. The summed E-state index contributed by atoms with van der Waals surface area (Å²) in [6, 6.07) is 9.88. The zero-order chi connectivity index (χ0) is 19.4. The van der Waals surface area contributed by atoms with Crippen LogP contribution in [0.25, 0.3) is 10.9 Å². The van der Waals surface area contributed by atoms with Crippen molar-refractivity contribution in [3.8, 4) is 0 Å². The Kier molecular flexibility index (Phi) is 6.19. The summed E-state index contributed by atoms with van der Waals surface area (Å²) in [6.07, 6.45) is 5.47. The average molecular weight is 427 g/mol. The number of carbonyl (C=O) groups is 1. The molecule has 0 amide bonds. The van der Waals surface area contributed by atoms with Crippen LogP contribution >= 0.6 is 15.9 Å². The maximum absolute atomic E-state index is 12.1. The van der Waals surface area contributed by atoms with Crippen molar-refractivity contribution in [2.45, 2.75) is 19.8 Å². The molecule has 2 heterocycles. The molecule has 3 rings (SSSR count). The highest BCUT2D eigenvalue weighted by molar-refractivity contribution is 9.10. The Morgan fingerprint density at radius 3 is 2.63 bits per heavy atom. The largest absolute Gasteiger partial charge is 0.353 e. The van der Waals surface area contributed by atoms with E-state index in [1.165, 1.54) is 0 Å². The van der Waals surface area contributed by atoms with E-state index in [0.717, 1.165) is 51.8 Å². The zero-order valence-electron chi connectivity index (χ0n) is 15.8. The normalized spacial score (nSPS) is 11.1. The average Bonchev–Trinajstić information content (AvgIpc) is 2.63. The van der Waals surface area contributed by atoms with Gasteiger partial charge in [0.05, 0.1) is 28.7 Å². The van der Waals surface area contributed by atoms with Crippen LogP contribution in [0.5, 0.6) is 0 Å². The number of carbonyl (C=O) groups excluding carboxylic acids is 1. The minimum absolute atomic E-state index is 0.0276. The summed E-state index contributed by atoms with van der Waals surface area (Å²) in [5.41, 5.74) is 4.07. The first-order chi connectivity index (χ1) is 12.9. The Bertz CT molecular complexity index is 954. The third kappa shape index (κ3) is 4.90. The lowest BCUT2D eigenvalue weighted by Crippen LogP contribution is -2.13. The highest BCUT2D eigenvalue weighted by Crippen LogP contribution is 2.31. The summed E-state index contributed by atoms with van der Waals surface area (Å²) < 4.78 is 0.940. The molecule has 0 unspecified atom stereocenters. The van der Waals surface area contributed by atoms with Crippen LogP contribution in [0.2, 0.25) is 0 Å². The number of hydrogen-bond donors (Lipinski definition) is 1. The van der Waals surface area contributed by atoms with E-state index in [-0.39, 0.29) is 5.78 Å². The van der Waals surface area contributed by atoms with E-state index in [1.54, 1.807) is 13.1 Å². The van der Waals surface area contributed by atoms with E-state index in [1.807, 2.05) is 36.5 Å². The molecule has 0 saturated heterocycles. The van der Waals surface area contributed by atoms with Crippen molar-refractivity contribution in [2.75, 3.05) is 26.0 Å². The fraction of sp³-hybridized carbons (Fsp3) is 0.286. The number of hydrogen-bond acceptors (Lipinski definition) is 5. The third-order valence-electron chi connectivity index (χ3n) is 4.34. The molecule has 0 bridgehead atoms. The second kappa shape index (κ2) is 8.59. The first-order valence-electron chi connectivity index (χ1n) is 8.90. The van der Waals surface area contributed by atoms with Crippen LogP contribution in [0.1, 0.15) is 29.4 Å². The van der Waals surface area contributed by atoms with Gasteiger partial charge in [0.2, 0.25) is 0 Å². The molecule has 1 N–H and O–H groups in total. The van der Waals surface area contributed by atoms with E-state index in [4.69, 9.17) is 0 Å². The third-order valence-corrected chi connectivity index (χ3v) is 4.83. The molecule has 0 aliphatic rings. The Hall–Kier alpha value is -2.31. The van der Waals surface area contributed by atoms with Gasteiger partial charge in [-0.2, -0.15) is 0 Å². The molecule has 0 fully saturated rings. The van der Waals surface area contributed by atoms with E-state index in [9.17, 15) is 4.79 Å². The number of aromatic nitrogens is 2. The van der Waals surface area contributed by atoms with Gasteiger partial charge in [-0.05, 0) is 70.7 Å². The minimum atomic E-state index is -0.0276. The van der Waals surface area contributed by atoms with Crippen LogP contribution < -0.4 is 5.32 Å². The van der Waals surface area contributed by atoms with Crippen LogP contribution in [-0.2, 0) is 6.42 Å². The molecule has 0 radical (unpaired) electrons. The number of aryl methyl sites for hydroxylation is 1. The highest BCUT2D eigenvalue weighted by Gasteiger charge is 2.13. The molecule has 1 aromatic carbocycles. The van der Waals surface area contributed by atoms with Crippen LogP contribution in [0, 0.1) is 0 Å². The van der Waals surface area contributed by atoms with Gasteiger partial charge in [0.15, 0.2) is 5.78 Å². The molecule has 0 aliphatic heterocycles. The van der Waals surface area contributed by atoms with Crippen molar-refractivity contribution < 1.29 is 4.79 Å². The summed E-state index contributed by atoms with van der Waals surface area (Å²) in [5.74, 6) is -0.0276. The number of nitrogens with zero attached hydrogens (tertiary/aromatic N) is 3. The van der Waals surface area contributed by atoms with Crippen molar-refractivity contribution >= 4 is 44.0 Å². The van der Waals surface area contributed by atoms with E-state index >= 15 is 0 Å². The predicted molar refractivity (Wildman–Crippen MR) is 114 cm³/mol. The number of nitrogens with one attached hydrogen (secondary N) is 1. The minimum Gasteiger partial charge on any atom is -0.353 e. The number of ketones is 1.